The fraction of sp³-hybridized carbons (Fsp3) is 0.429. The lowest BCUT2D eigenvalue weighted by molar-refractivity contribution is 0.178. The Balaban J connectivity index is 2.94. The second-order valence-electron chi connectivity index (χ2n) is 5.50. The Morgan fingerprint density at radius 2 is 1.52 bits per heavy atom. The first-order chi connectivity index (χ1) is 12.5. The van der Waals surface area contributed by atoms with Gasteiger partial charge in [-0.25, -0.2) is 0 Å². The minimum Gasteiger partial charge on any atom is -0.462 e. The molecule has 0 bridgehead atoms. The van der Waals surface area contributed by atoms with Crippen LogP contribution in [0.5, 0.6) is 5.75 Å². The molecule has 0 aromatic heterocycles. The van der Waals surface area contributed by atoms with Crippen molar-refractivity contribution in [1.82, 2.24) is 9.80 Å². The van der Waals surface area contributed by atoms with Gasteiger partial charge in [-0.15, -0.1) is 0 Å². The van der Waals surface area contributed by atoms with E-state index in [1.165, 1.54) is 12.1 Å². The summed E-state index contributed by atoms with van der Waals surface area (Å²) in [6.45, 7) is 0.472. The summed E-state index contributed by atoms with van der Waals surface area (Å²) in [6.07, 6.45) is 0. The first-order valence-electron chi connectivity index (χ1n) is 7.27. The summed E-state index contributed by atoms with van der Waals surface area (Å²) in [4.78, 5) is 3.54. The quantitative estimate of drug-likeness (QED) is 0.252. The number of nitrogens with zero attached hydrogens (tertiary/aromatic N) is 2. The second kappa shape index (κ2) is 12.0. The van der Waals surface area contributed by atoms with Crippen molar-refractivity contribution in [3.8, 4) is 5.75 Å². The van der Waals surface area contributed by atoms with Crippen molar-refractivity contribution in [1.29, 1.82) is 0 Å². The van der Waals surface area contributed by atoms with E-state index >= 15 is 0 Å². The van der Waals surface area contributed by atoms with E-state index < -0.39 is 5.77 Å². The molecule has 13 heteroatoms. The molecule has 0 heterocycles. The second-order valence-corrected chi connectivity index (χ2v) is 14.5. The van der Waals surface area contributed by atoms with E-state index in [4.69, 9.17) is 61.6 Å². The van der Waals surface area contributed by atoms with Gasteiger partial charge in [0.15, 0.2) is 0 Å². The molecule has 0 aliphatic carbocycles. The third-order valence-electron chi connectivity index (χ3n) is 2.36. The van der Waals surface area contributed by atoms with Gasteiger partial charge in [0.25, 0.3) is 0 Å². The smallest absolute Gasteiger partial charge is 0.376 e. The Kier molecular flexibility index (Phi) is 11.3. The van der Waals surface area contributed by atoms with Crippen LogP contribution in [-0.2, 0) is 14.0 Å². The Bertz CT molecular complexity index is 694. The predicted molar refractivity (Wildman–Crippen MR) is 124 cm³/mol. The number of thiocarbonyl (C=S) groups is 2. The molecule has 1 aromatic rings. The first kappa shape index (κ1) is 25.3. The summed E-state index contributed by atoms with van der Waals surface area (Å²) in [5.41, 5.74) is 0. The van der Waals surface area contributed by atoms with Crippen molar-refractivity contribution >= 4 is 84.9 Å². The van der Waals surface area contributed by atoms with Crippen LogP contribution in [0.2, 0.25) is 10.0 Å². The lowest BCUT2D eigenvalue weighted by Gasteiger charge is -2.20. The van der Waals surface area contributed by atoms with Crippen molar-refractivity contribution < 1.29 is 18.6 Å². The lowest BCUT2D eigenvalue weighted by Crippen LogP contribution is -2.18. The number of benzene rings is 1. The van der Waals surface area contributed by atoms with Gasteiger partial charge in [-0.1, -0.05) is 23.2 Å². The number of hydrogen-bond donors (Lipinski definition) is 0. The summed E-state index contributed by atoms with van der Waals surface area (Å²) in [5, 5.41) is 0.640. The van der Waals surface area contributed by atoms with Crippen LogP contribution in [0.25, 0.3) is 0 Å². The van der Waals surface area contributed by atoms with E-state index in [1.54, 1.807) is 15.9 Å². The summed E-state index contributed by atoms with van der Waals surface area (Å²) >= 11 is 23.8. The highest BCUT2D eigenvalue weighted by Gasteiger charge is 2.34. The van der Waals surface area contributed by atoms with Crippen molar-refractivity contribution in [2.24, 2.45) is 0 Å². The Morgan fingerprint density at radius 1 is 1.04 bits per heavy atom. The topological polar surface area (TPSA) is 51.2 Å². The zero-order valence-corrected chi connectivity index (χ0v) is 20.7. The molecule has 0 unspecified atom stereocenters. The molecule has 0 atom stereocenters. The Labute approximate surface area is 188 Å². The summed E-state index contributed by atoms with van der Waals surface area (Å²) < 4.78 is 29.9. The van der Waals surface area contributed by atoms with Crippen LogP contribution in [0, 0.1) is 0 Å². The van der Waals surface area contributed by atoms with E-state index in [-0.39, 0.29) is 33.0 Å². The number of rotatable bonds is 8. The molecule has 27 heavy (non-hydrogen) atoms. The molecular weight excluding hydrogens is 490 g/mol. The molecule has 0 saturated carbocycles. The van der Waals surface area contributed by atoms with Crippen molar-refractivity contribution in [2.75, 3.05) is 41.7 Å². The minimum atomic E-state index is -3.58. The maximum atomic E-state index is 13.4. The van der Waals surface area contributed by atoms with Crippen molar-refractivity contribution in [3.63, 3.8) is 0 Å². The van der Waals surface area contributed by atoms with Crippen molar-refractivity contribution in [3.05, 3.63) is 28.2 Å². The third kappa shape index (κ3) is 10.5. The van der Waals surface area contributed by atoms with Crippen LogP contribution in [0.3, 0.4) is 0 Å². The summed E-state index contributed by atoms with van der Waals surface area (Å²) in [5.74, 6) is -3.39. The minimum absolute atomic E-state index is 0.0556. The van der Waals surface area contributed by atoms with Crippen molar-refractivity contribution in [2.45, 2.75) is 0 Å². The van der Waals surface area contributed by atoms with Crippen LogP contribution in [0.4, 0.5) is 0 Å². The zero-order valence-electron chi connectivity index (χ0n) is 15.0. The lowest BCUT2D eigenvalue weighted by atomic mass is 10.3. The summed E-state index contributed by atoms with van der Waals surface area (Å²) in [7, 11) is 7.26. The van der Waals surface area contributed by atoms with Gasteiger partial charge in [0.2, 0.25) is 8.77 Å². The van der Waals surface area contributed by atoms with E-state index in [0.29, 0.717) is 5.02 Å². The number of ether oxygens (including phenoxy) is 2. The molecule has 1 rings (SSSR count). The van der Waals surface area contributed by atoms with E-state index in [0.717, 1.165) is 22.8 Å². The highest BCUT2D eigenvalue weighted by Crippen LogP contribution is 2.70. The van der Waals surface area contributed by atoms with E-state index in [1.807, 2.05) is 28.2 Å². The van der Waals surface area contributed by atoms with Crippen LogP contribution in [0.1, 0.15) is 0 Å². The molecule has 6 nitrogen and oxygen atoms in total. The molecule has 0 saturated heterocycles. The van der Waals surface area contributed by atoms with Gasteiger partial charge in [0.05, 0.1) is 5.02 Å². The largest absolute Gasteiger partial charge is 0.462 e. The maximum Gasteiger partial charge on any atom is 0.376 e. The molecule has 0 fully saturated rings. The van der Waals surface area contributed by atoms with Gasteiger partial charge >= 0.3 is 5.77 Å². The third-order valence-corrected chi connectivity index (χ3v) is 9.89. The van der Waals surface area contributed by atoms with Crippen LogP contribution in [0.15, 0.2) is 18.2 Å². The molecule has 0 radical (unpaired) electrons. The monoisotopic (exact) mass is 508 g/mol. The highest BCUT2D eigenvalue weighted by atomic mass is 35.5. The number of hydrogen-bond acceptors (Lipinski definition) is 10. The molecule has 0 aliphatic heterocycles. The van der Waals surface area contributed by atoms with Crippen LogP contribution in [-0.4, -0.2) is 60.2 Å². The number of halogens is 2. The molecule has 0 amide bonds. The van der Waals surface area contributed by atoms with Crippen LogP contribution < -0.4 is 4.52 Å². The van der Waals surface area contributed by atoms with Gasteiger partial charge in [0.1, 0.15) is 19.2 Å². The van der Waals surface area contributed by atoms with E-state index in [2.05, 4.69) is 0 Å². The molecule has 152 valence electrons. The molecule has 0 N–H and O–H groups in total. The van der Waals surface area contributed by atoms with Gasteiger partial charge in [0, 0.05) is 27.8 Å². The molecule has 0 spiro atoms. The van der Waals surface area contributed by atoms with Gasteiger partial charge in [-0.3, -0.25) is 14.4 Å². The molecule has 0 aliphatic rings. The predicted octanol–water partition coefficient (Wildman–Crippen LogP) is 5.59. The summed E-state index contributed by atoms with van der Waals surface area (Å²) in [6, 6.07) is 4.58. The van der Waals surface area contributed by atoms with Crippen LogP contribution >= 0.6 is 76.2 Å². The first-order valence-corrected chi connectivity index (χ1v) is 13.3. The van der Waals surface area contributed by atoms with E-state index in [9.17, 15) is 4.57 Å². The normalized spacial score (nSPS) is 11.6. The average Bonchev–Trinajstić information content (AvgIpc) is 2.53. The standard InChI is InChI=1S/C14H19Cl2N2O4PS4/c1-17(2)8-20-13(24)26-23(19,27-14(25)21-9-18(3)4)22-12-6-5-10(15)7-11(12)16/h5-7H,8-9H2,1-4H3. The zero-order chi connectivity index (χ0) is 20.6. The molecule has 1 aromatic carbocycles. The SMILES string of the molecule is CN(C)COC(=S)SP(=O)(Oc1ccc(Cl)cc1Cl)SC(=S)OCN(C)C. The van der Waals surface area contributed by atoms with Gasteiger partial charge < -0.3 is 14.0 Å². The maximum absolute atomic E-state index is 13.4. The van der Waals surface area contributed by atoms with Gasteiger partial charge in [-0.2, -0.15) is 0 Å². The average molecular weight is 509 g/mol. The fourth-order valence-electron chi connectivity index (χ4n) is 1.32. The highest BCUT2D eigenvalue weighted by molar-refractivity contribution is 8.96. The Morgan fingerprint density at radius 3 is 1.93 bits per heavy atom. The fourth-order valence-corrected chi connectivity index (χ4v) is 9.42. The molecular formula is C14H19Cl2N2O4PS4. The van der Waals surface area contributed by atoms with Gasteiger partial charge in [-0.05, 0) is 70.8 Å². The Hall–Kier alpha value is 0.230.